The van der Waals surface area contributed by atoms with Crippen molar-refractivity contribution in [2.75, 3.05) is 13.2 Å². The van der Waals surface area contributed by atoms with Crippen LogP contribution in [0.25, 0.3) is 0 Å². The lowest BCUT2D eigenvalue weighted by Crippen LogP contribution is -2.32. The molecule has 1 saturated heterocycles. The number of hydrogen-bond acceptors (Lipinski definition) is 4. The first-order valence-corrected chi connectivity index (χ1v) is 4.57. The van der Waals surface area contributed by atoms with Gasteiger partial charge in [-0.1, -0.05) is 0 Å². The lowest BCUT2D eigenvalue weighted by atomic mass is 10.2. The Balaban J connectivity index is 2.36. The van der Waals surface area contributed by atoms with E-state index in [1.54, 1.807) is 6.92 Å². The molecular weight excluding hydrogens is 215 g/mol. The van der Waals surface area contributed by atoms with Gasteiger partial charge in [0.15, 0.2) is 0 Å². The Morgan fingerprint density at radius 3 is 2.73 bits per heavy atom. The number of rotatable bonds is 3. The Bertz CT molecular complexity index is 232. The van der Waals surface area contributed by atoms with Gasteiger partial charge in [0, 0.05) is 13.0 Å². The molecule has 0 aromatic carbocycles. The summed E-state index contributed by atoms with van der Waals surface area (Å²) in [6, 6.07) is -0.697. The predicted octanol–water partition coefficient (Wildman–Crippen LogP) is 0.816. The number of carbonyl (C=O) groups is 1. The fourth-order valence-corrected chi connectivity index (χ4v) is 1.40. The van der Waals surface area contributed by atoms with E-state index in [1.165, 1.54) is 0 Å². The molecule has 1 fully saturated rings. The highest BCUT2D eigenvalue weighted by atomic mass is 19.4. The number of nitrogens with one attached hydrogen (secondary N) is 1. The van der Waals surface area contributed by atoms with E-state index >= 15 is 0 Å². The highest BCUT2D eigenvalue weighted by Crippen LogP contribution is 2.23. The van der Waals surface area contributed by atoms with Crippen LogP contribution in [0, 0.1) is 0 Å². The van der Waals surface area contributed by atoms with E-state index in [0.29, 0.717) is 0 Å². The number of hydrogen-bond donors (Lipinski definition) is 1. The van der Waals surface area contributed by atoms with Crippen molar-refractivity contribution in [3.63, 3.8) is 0 Å². The molecule has 2 atom stereocenters. The standard InChI is InChI=1S/C8H12F3NO3/c1-2-14-7(13)6-3-5(4-12-6)15-8(9,10)11/h5-6,12H,2-4H2,1H3/t5-,6-/m0/s1. The highest BCUT2D eigenvalue weighted by Gasteiger charge is 2.39. The molecule has 0 aromatic heterocycles. The number of alkyl halides is 3. The minimum Gasteiger partial charge on any atom is -0.465 e. The molecule has 0 aliphatic carbocycles. The van der Waals surface area contributed by atoms with Crippen LogP contribution in [-0.4, -0.2) is 37.6 Å². The topological polar surface area (TPSA) is 47.6 Å². The van der Waals surface area contributed by atoms with E-state index in [4.69, 9.17) is 0 Å². The van der Waals surface area contributed by atoms with Crippen LogP contribution in [0.15, 0.2) is 0 Å². The number of halogens is 3. The normalized spacial score (nSPS) is 26.7. The Labute approximate surface area is 84.7 Å². The van der Waals surface area contributed by atoms with Crippen LogP contribution in [0.3, 0.4) is 0 Å². The third-order valence-electron chi connectivity index (χ3n) is 1.96. The first kappa shape index (κ1) is 12.3. The fourth-order valence-electron chi connectivity index (χ4n) is 1.40. The molecule has 0 radical (unpaired) electrons. The summed E-state index contributed by atoms with van der Waals surface area (Å²) < 4.78 is 43.9. The molecular formula is C8H12F3NO3. The summed E-state index contributed by atoms with van der Waals surface area (Å²) in [6.45, 7) is 1.85. The summed E-state index contributed by atoms with van der Waals surface area (Å²) in [6.07, 6.45) is -5.69. The molecule has 0 saturated carbocycles. The second-order valence-corrected chi connectivity index (χ2v) is 3.13. The third-order valence-corrected chi connectivity index (χ3v) is 1.96. The molecule has 4 nitrogen and oxygen atoms in total. The molecule has 0 bridgehead atoms. The van der Waals surface area contributed by atoms with Crippen molar-refractivity contribution >= 4 is 5.97 Å². The van der Waals surface area contributed by atoms with E-state index in [0.717, 1.165) is 0 Å². The number of carbonyl (C=O) groups excluding carboxylic acids is 1. The SMILES string of the molecule is CCOC(=O)[C@@H]1C[C@H](OC(F)(F)F)CN1. The maximum atomic E-state index is 11.8. The number of ether oxygens (including phenoxy) is 2. The predicted molar refractivity (Wildman–Crippen MR) is 44.0 cm³/mol. The van der Waals surface area contributed by atoms with Crippen LogP contribution in [0.1, 0.15) is 13.3 Å². The molecule has 88 valence electrons. The summed E-state index contributed by atoms with van der Waals surface area (Å²) in [5, 5.41) is 2.61. The highest BCUT2D eigenvalue weighted by molar-refractivity contribution is 5.76. The molecule has 0 unspecified atom stereocenters. The molecule has 1 aliphatic rings. The second-order valence-electron chi connectivity index (χ2n) is 3.13. The average molecular weight is 227 g/mol. The Morgan fingerprint density at radius 2 is 2.20 bits per heavy atom. The largest absolute Gasteiger partial charge is 0.522 e. The molecule has 1 heterocycles. The van der Waals surface area contributed by atoms with Crippen molar-refractivity contribution in [2.45, 2.75) is 31.9 Å². The minimum absolute atomic E-state index is 0.00297. The van der Waals surface area contributed by atoms with Crippen LogP contribution in [0.4, 0.5) is 13.2 Å². The molecule has 1 N–H and O–H groups in total. The number of esters is 1. The van der Waals surface area contributed by atoms with Crippen molar-refractivity contribution in [2.24, 2.45) is 0 Å². The van der Waals surface area contributed by atoms with Gasteiger partial charge in [-0.15, -0.1) is 13.2 Å². The first-order valence-electron chi connectivity index (χ1n) is 4.57. The fraction of sp³-hybridized carbons (Fsp3) is 0.875. The molecule has 0 spiro atoms. The van der Waals surface area contributed by atoms with Crippen LogP contribution in [0.5, 0.6) is 0 Å². The third kappa shape index (κ3) is 4.05. The summed E-state index contributed by atoms with van der Waals surface area (Å²) in [7, 11) is 0. The van der Waals surface area contributed by atoms with Gasteiger partial charge in [-0.05, 0) is 6.92 Å². The van der Waals surface area contributed by atoms with Crippen molar-refractivity contribution in [1.29, 1.82) is 0 Å². The van der Waals surface area contributed by atoms with Gasteiger partial charge in [0.25, 0.3) is 0 Å². The van der Waals surface area contributed by atoms with Crippen molar-refractivity contribution in [1.82, 2.24) is 5.32 Å². The lowest BCUT2D eigenvalue weighted by molar-refractivity contribution is -0.340. The van der Waals surface area contributed by atoms with Crippen molar-refractivity contribution in [3.8, 4) is 0 Å². The van der Waals surface area contributed by atoms with E-state index < -0.39 is 24.5 Å². The lowest BCUT2D eigenvalue weighted by Gasteiger charge is -2.12. The Morgan fingerprint density at radius 1 is 1.53 bits per heavy atom. The molecule has 15 heavy (non-hydrogen) atoms. The van der Waals surface area contributed by atoms with Gasteiger partial charge in [0.2, 0.25) is 0 Å². The van der Waals surface area contributed by atoms with E-state index in [2.05, 4.69) is 14.8 Å². The van der Waals surface area contributed by atoms with Gasteiger partial charge in [-0.25, -0.2) is 0 Å². The van der Waals surface area contributed by atoms with E-state index in [9.17, 15) is 18.0 Å². The van der Waals surface area contributed by atoms with Crippen LogP contribution >= 0.6 is 0 Å². The zero-order chi connectivity index (χ0) is 11.5. The second kappa shape index (κ2) is 4.80. The summed E-state index contributed by atoms with van der Waals surface area (Å²) >= 11 is 0. The van der Waals surface area contributed by atoms with Gasteiger partial charge >= 0.3 is 12.3 Å². The van der Waals surface area contributed by atoms with Crippen molar-refractivity contribution in [3.05, 3.63) is 0 Å². The van der Waals surface area contributed by atoms with E-state index in [1.807, 2.05) is 0 Å². The minimum atomic E-state index is -4.66. The molecule has 0 amide bonds. The Hall–Kier alpha value is -0.820. The van der Waals surface area contributed by atoms with E-state index in [-0.39, 0.29) is 19.6 Å². The zero-order valence-corrected chi connectivity index (χ0v) is 8.13. The summed E-state index contributed by atoms with van der Waals surface area (Å²) in [4.78, 5) is 11.1. The molecule has 1 aliphatic heterocycles. The van der Waals surface area contributed by atoms with Crippen LogP contribution in [0.2, 0.25) is 0 Å². The molecule has 0 aromatic rings. The maximum absolute atomic E-state index is 11.8. The van der Waals surface area contributed by atoms with Crippen LogP contribution in [-0.2, 0) is 14.3 Å². The Kier molecular flexibility index (Phi) is 3.92. The summed E-state index contributed by atoms with van der Waals surface area (Å²) in [5.41, 5.74) is 0. The van der Waals surface area contributed by atoms with Gasteiger partial charge < -0.3 is 10.1 Å². The van der Waals surface area contributed by atoms with Gasteiger partial charge in [0.1, 0.15) is 6.04 Å². The maximum Gasteiger partial charge on any atom is 0.522 e. The first-order chi connectivity index (χ1) is 6.92. The smallest absolute Gasteiger partial charge is 0.465 e. The monoisotopic (exact) mass is 227 g/mol. The molecule has 7 heteroatoms. The van der Waals surface area contributed by atoms with Gasteiger partial charge in [0.05, 0.1) is 12.7 Å². The average Bonchev–Trinajstić information content (AvgIpc) is 2.50. The van der Waals surface area contributed by atoms with Gasteiger partial charge in [-0.2, -0.15) is 0 Å². The van der Waals surface area contributed by atoms with Crippen molar-refractivity contribution < 1.29 is 27.4 Å². The van der Waals surface area contributed by atoms with Gasteiger partial charge in [-0.3, -0.25) is 9.53 Å². The van der Waals surface area contributed by atoms with Crippen LogP contribution < -0.4 is 5.32 Å². The quantitative estimate of drug-likeness (QED) is 0.725. The zero-order valence-electron chi connectivity index (χ0n) is 8.13. The molecule has 1 rings (SSSR count). The summed E-state index contributed by atoms with van der Waals surface area (Å²) in [5.74, 6) is -0.536.